The Balaban J connectivity index is 2.19. The maximum absolute atomic E-state index is 8.20. The van der Waals surface area contributed by atoms with Gasteiger partial charge >= 0.3 is 0 Å². The van der Waals surface area contributed by atoms with E-state index in [1.54, 1.807) is 0 Å². The molecule has 1 rings (SSSR count). The first kappa shape index (κ1) is 5.17. The number of hydrogen-bond donors (Lipinski definition) is 1. The first-order valence-corrected chi connectivity index (χ1v) is 2.68. The van der Waals surface area contributed by atoms with E-state index < -0.39 is 0 Å². The molecule has 42 valence electrons. The smallest absolute Gasteiger partial charge is 0.116 e. The molecule has 1 aliphatic carbocycles. The Morgan fingerprint density at radius 3 is 2.75 bits per heavy atom. The predicted octanol–water partition coefficient (Wildman–Crippen LogP) is 0.776. The second kappa shape index (κ2) is 1.87. The van der Waals surface area contributed by atoms with Gasteiger partial charge in [0.05, 0.1) is 0 Å². The minimum Gasteiger partial charge on any atom is -0.374 e. The highest BCUT2D eigenvalue weighted by Gasteiger charge is 2.20. The van der Waals surface area contributed by atoms with E-state index in [-0.39, 0.29) is 0 Å². The Hall–Kier alpha value is -0.970. The predicted molar refractivity (Wildman–Crippen MR) is 30.9 cm³/mol. The van der Waals surface area contributed by atoms with Crippen molar-refractivity contribution in [2.45, 2.75) is 18.9 Å². The molecular weight excluding hydrogens is 100 g/mol. The van der Waals surface area contributed by atoms with Crippen LogP contribution in [0.2, 0.25) is 0 Å². The molecule has 0 aliphatic heterocycles. The van der Waals surface area contributed by atoms with Crippen molar-refractivity contribution >= 4 is 0 Å². The lowest BCUT2D eigenvalue weighted by molar-refractivity contribution is 0.833. The van der Waals surface area contributed by atoms with E-state index in [1.165, 1.54) is 12.8 Å². The van der Waals surface area contributed by atoms with Crippen molar-refractivity contribution in [1.29, 1.82) is 5.26 Å². The molecular formula is C6H8N2. The second-order valence-electron chi connectivity index (χ2n) is 2.01. The highest BCUT2D eigenvalue weighted by molar-refractivity contribution is 5.15. The lowest BCUT2D eigenvalue weighted by atomic mass is 10.5. The third-order valence-corrected chi connectivity index (χ3v) is 1.09. The molecule has 2 heteroatoms. The lowest BCUT2D eigenvalue weighted by Crippen LogP contribution is -2.12. The standard InChI is InChI=1S/C6H8N2/c1-5(4-7)8-6-2-3-6/h6,8H,1-3H2. The van der Waals surface area contributed by atoms with E-state index in [0.717, 1.165) is 0 Å². The monoisotopic (exact) mass is 108 g/mol. The third-order valence-electron chi connectivity index (χ3n) is 1.09. The van der Waals surface area contributed by atoms with Crippen LogP contribution in [0, 0.1) is 11.3 Å². The minimum absolute atomic E-state index is 0.493. The fourth-order valence-corrected chi connectivity index (χ4v) is 0.506. The topological polar surface area (TPSA) is 35.8 Å². The first-order valence-electron chi connectivity index (χ1n) is 2.68. The van der Waals surface area contributed by atoms with Gasteiger partial charge in [-0.1, -0.05) is 6.58 Å². The molecule has 1 N–H and O–H groups in total. The van der Waals surface area contributed by atoms with Gasteiger partial charge in [-0.25, -0.2) is 0 Å². The summed E-state index contributed by atoms with van der Waals surface area (Å²) >= 11 is 0. The molecule has 0 aromatic rings. The SMILES string of the molecule is C=C(C#N)NC1CC1. The number of nitrogens with one attached hydrogen (secondary N) is 1. The summed E-state index contributed by atoms with van der Waals surface area (Å²) in [5.74, 6) is 0. The molecule has 1 saturated carbocycles. The average Bonchev–Trinajstić information content (AvgIpc) is 2.50. The van der Waals surface area contributed by atoms with Gasteiger partial charge in [0.25, 0.3) is 0 Å². The molecule has 1 fully saturated rings. The molecule has 0 saturated heterocycles. The molecule has 0 bridgehead atoms. The lowest BCUT2D eigenvalue weighted by Gasteiger charge is -1.95. The maximum atomic E-state index is 8.20. The zero-order valence-electron chi connectivity index (χ0n) is 4.65. The summed E-state index contributed by atoms with van der Waals surface area (Å²) in [6, 6.07) is 2.49. The number of nitriles is 1. The number of hydrogen-bond acceptors (Lipinski definition) is 2. The average molecular weight is 108 g/mol. The summed E-state index contributed by atoms with van der Waals surface area (Å²) < 4.78 is 0. The van der Waals surface area contributed by atoms with Crippen molar-refractivity contribution < 1.29 is 0 Å². The molecule has 0 atom stereocenters. The van der Waals surface area contributed by atoms with Crippen LogP contribution < -0.4 is 5.32 Å². The van der Waals surface area contributed by atoms with Crippen molar-refractivity contribution in [2.75, 3.05) is 0 Å². The van der Waals surface area contributed by atoms with E-state index in [0.29, 0.717) is 11.7 Å². The van der Waals surface area contributed by atoms with Crippen molar-refractivity contribution in [3.8, 4) is 6.07 Å². The summed E-state index contributed by atoms with van der Waals surface area (Å²) in [4.78, 5) is 0. The molecule has 2 nitrogen and oxygen atoms in total. The van der Waals surface area contributed by atoms with Crippen molar-refractivity contribution in [3.05, 3.63) is 12.3 Å². The highest BCUT2D eigenvalue weighted by atomic mass is 15.0. The Morgan fingerprint density at radius 2 is 2.38 bits per heavy atom. The summed E-state index contributed by atoms with van der Waals surface area (Å²) in [5.41, 5.74) is 0.493. The number of rotatable bonds is 2. The van der Waals surface area contributed by atoms with E-state index >= 15 is 0 Å². The van der Waals surface area contributed by atoms with Crippen molar-refractivity contribution in [3.63, 3.8) is 0 Å². The second-order valence-corrected chi connectivity index (χ2v) is 2.01. The number of nitrogens with zero attached hydrogens (tertiary/aromatic N) is 1. The van der Waals surface area contributed by atoms with Gasteiger partial charge in [0.2, 0.25) is 0 Å². The third kappa shape index (κ3) is 1.27. The highest BCUT2D eigenvalue weighted by Crippen LogP contribution is 2.19. The fourth-order valence-electron chi connectivity index (χ4n) is 0.506. The van der Waals surface area contributed by atoms with Crippen LogP contribution in [0.4, 0.5) is 0 Å². The van der Waals surface area contributed by atoms with Crippen LogP contribution in [-0.2, 0) is 0 Å². The van der Waals surface area contributed by atoms with Gasteiger partial charge in [0, 0.05) is 6.04 Å². The fraction of sp³-hybridized carbons (Fsp3) is 0.500. The van der Waals surface area contributed by atoms with Gasteiger partial charge in [0.1, 0.15) is 11.8 Å². The molecule has 0 aromatic carbocycles. The van der Waals surface area contributed by atoms with Crippen LogP contribution in [0.1, 0.15) is 12.8 Å². The first-order chi connectivity index (χ1) is 3.83. The van der Waals surface area contributed by atoms with Crippen LogP contribution in [0.5, 0.6) is 0 Å². The molecule has 0 unspecified atom stereocenters. The molecule has 0 amide bonds. The van der Waals surface area contributed by atoms with Crippen molar-refractivity contribution in [2.24, 2.45) is 0 Å². The van der Waals surface area contributed by atoms with E-state index in [1.807, 2.05) is 6.07 Å². The molecule has 1 aliphatic rings. The Labute approximate surface area is 48.8 Å². The minimum atomic E-state index is 0.493. The summed E-state index contributed by atoms with van der Waals surface area (Å²) in [6.07, 6.45) is 2.39. The van der Waals surface area contributed by atoms with Crippen LogP contribution in [0.15, 0.2) is 12.3 Å². The van der Waals surface area contributed by atoms with Gasteiger partial charge in [-0.15, -0.1) is 0 Å². The van der Waals surface area contributed by atoms with Crippen molar-refractivity contribution in [1.82, 2.24) is 5.32 Å². The van der Waals surface area contributed by atoms with Gasteiger partial charge in [-0.05, 0) is 12.8 Å². The zero-order chi connectivity index (χ0) is 5.98. The van der Waals surface area contributed by atoms with Crippen LogP contribution in [0.25, 0.3) is 0 Å². The summed E-state index contributed by atoms with van der Waals surface area (Å²) in [5, 5.41) is 11.1. The Bertz CT molecular complexity index is 139. The van der Waals surface area contributed by atoms with Gasteiger partial charge in [0.15, 0.2) is 0 Å². The Kier molecular flexibility index (Phi) is 1.21. The quantitative estimate of drug-likeness (QED) is 0.530. The molecule has 0 aromatic heterocycles. The van der Waals surface area contributed by atoms with E-state index in [9.17, 15) is 0 Å². The normalized spacial score (nSPS) is 16.9. The van der Waals surface area contributed by atoms with Crippen LogP contribution >= 0.6 is 0 Å². The van der Waals surface area contributed by atoms with E-state index in [4.69, 9.17) is 5.26 Å². The molecule has 0 heterocycles. The van der Waals surface area contributed by atoms with E-state index in [2.05, 4.69) is 11.9 Å². The van der Waals surface area contributed by atoms with Gasteiger partial charge < -0.3 is 5.32 Å². The van der Waals surface area contributed by atoms with Crippen LogP contribution in [0.3, 0.4) is 0 Å². The summed E-state index contributed by atoms with van der Waals surface area (Å²) in [7, 11) is 0. The zero-order valence-corrected chi connectivity index (χ0v) is 4.65. The summed E-state index contributed by atoms with van der Waals surface area (Å²) in [6.45, 7) is 3.48. The largest absolute Gasteiger partial charge is 0.374 e. The Morgan fingerprint density at radius 1 is 1.75 bits per heavy atom. The van der Waals surface area contributed by atoms with Gasteiger partial charge in [-0.3, -0.25) is 0 Å². The van der Waals surface area contributed by atoms with Gasteiger partial charge in [-0.2, -0.15) is 5.26 Å². The maximum Gasteiger partial charge on any atom is 0.116 e. The van der Waals surface area contributed by atoms with Crippen LogP contribution in [-0.4, -0.2) is 6.04 Å². The molecule has 0 radical (unpaired) electrons. The molecule has 8 heavy (non-hydrogen) atoms. The number of allylic oxidation sites excluding steroid dienone is 1. The molecule has 0 spiro atoms.